The molecule has 1 aliphatic heterocycles. The van der Waals surface area contributed by atoms with Gasteiger partial charge in [0, 0.05) is 22.8 Å². The highest BCUT2D eigenvalue weighted by atomic mass is 35.5. The zero-order valence-corrected chi connectivity index (χ0v) is 19.8. The van der Waals surface area contributed by atoms with Crippen LogP contribution in [0.25, 0.3) is 0 Å². The van der Waals surface area contributed by atoms with E-state index in [1.54, 1.807) is 0 Å². The summed E-state index contributed by atoms with van der Waals surface area (Å²) in [4.78, 5) is 27.2. The number of amidine groups is 1. The van der Waals surface area contributed by atoms with Crippen LogP contribution in [0.4, 0.5) is 0 Å². The molecule has 1 amide bonds. The zero-order valence-electron chi connectivity index (χ0n) is 17.4. The number of amides is 1. The average molecular weight is 490 g/mol. The first-order chi connectivity index (χ1) is 15.2. The molecule has 2 heterocycles. The second-order valence-corrected chi connectivity index (χ2v) is 11.4. The fourth-order valence-electron chi connectivity index (χ4n) is 3.45. The Bertz CT molecular complexity index is 1290. The van der Waals surface area contributed by atoms with E-state index in [9.17, 15) is 13.2 Å². The Morgan fingerprint density at radius 2 is 2.09 bits per heavy atom. The summed E-state index contributed by atoms with van der Waals surface area (Å²) in [6.45, 7) is 2.28. The Morgan fingerprint density at radius 3 is 2.72 bits per heavy atom. The molecule has 1 N–H and O–H groups in total. The minimum absolute atomic E-state index is 0.0225. The molecule has 2 aliphatic rings. The highest BCUT2D eigenvalue weighted by molar-refractivity contribution is 7.90. The predicted octanol–water partition coefficient (Wildman–Crippen LogP) is 3.24. The van der Waals surface area contributed by atoms with Crippen molar-refractivity contribution in [3.63, 3.8) is 0 Å². The van der Waals surface area contributed by atoms with Crippen LogP contribution in [-0.4, -0.2) is 49.7 Å². The van der Waals surface area contributed by atoms with Gasteiger partial charge in [-0.15, -0.1) is 11.3 Å². The van der Waals surface area contributed by atoms with Crippen molar-refractivity contribution in [2.75, 3.05) is 12.8 Å². The summed E-state index contributed by atoms with van der Waals surface area (Å²) in [5.74, 6) is 0.436. The van der Waals surface area contributed by atoms with Gasteiger partial charge in [0.2, 0.25) is 0 Å². The standard InChI is InChI=1S/C21H20ClN5O3S2/c1-11(26-20(28)13-5-14(22)7-16(6-13)32(2,29)30)18-17(21-25-9-15(8-23)31-21)10-24-19(27-18)12-3-4-12/h5-7,9,11-12,17H,3-4,10H2,1-2H3,(H,26,28)/t11-,17?/m0/s1. The molecule has 0 spiro atoms. The number of thiazole rings is 1. The van der Waals surface area contributed by atoms with Gasteiger partial charge in [-0.1, -0.05) is 11.6 Å². The number of sulfone groups is 1. The molecule has 1 saturated carbocycles. The molecule has 2 atom stereocenters. The third kappa shape index (κ3) is 4.90. The van der Waals surface area contributed by atoms with Gasteiger partial charge in [0.05, 0.1) is 35.3 Å². The normalized spacial score (nSPS) is 19.5. The molecule has 1 aromatic carbocycles. The van der Waals surface area contributed by atoms with E-state index in [1.165, 1.54) is 35.7 Å². The zero-order chi connectivity index (χ0) is 23.0. The van der Waals surface area contributed by atoms with E-state index in [1.807, 2.05) is 6.92 Å². The van der Waals surface area contributed by atoms with Crippen LogP contribution in [-0.2, 0) is 9.84 Å². The number of carbonyl (C=O) groups is 1. The van der Waals surface area contributed by atoms with Gasteiger partial charge in [-0.3, -0.25) is 9.79 Å². The third-order valence-electron chi connectivity index (χ3n) is 5.26. The summed E-state index contributed by atoms with van der Waals surface area (Å²) in [5.41, 5.74) is 0.870. The number of nitrogens with one attached hydrogen (secondary N) is 1. The fourth-order valence-corrected chi connectivity index (χ4v) is 5.25. The lowest BCUT2D eigenvalue weighted by Gasteiger charge is -2.26. The average Bonchev–Trinajstić information content (AvgIpc) is 3.49. The quantitative estimate of drug-likeness (QED) is 0.666. The van der Waals surface area contributed by atoms with Crippen LogP contribution >= 0.6 is 22.9 Å². The Kier molecular flexibility index (Phi) is 6.16. The smallest absolute Gasteiger partial charge is 0.251 e. The number of benzene rings is 1. The van der Waals surface area contributed by atoms with Gasteiger partial charge >= 0.3 is 0 Å². The van der Waals surface area contributed by atoms with Crippen molar-refractivity contribution in [3.05, 3.63) is 44.9 Å². The molecule has 0 radical (unpaired) electrons. The molecule has 166 valence electrons. The number of hydrogen-bond acceptors (Lipinski definition) is 8. The summed E-state index contributed by atoms with van der Waals surface area (Å²) in [6.07, 6.45) is 4.69. The molecular weight excluding hydrogens is 470 g/mol. The molecule has 1 unspecified atom stereocenters. The number of nitriles is 1. The summed E-state index contributed by atoms with van der Waals surface area (Å²) < 4.78 is 23.8. The Balaban J connectivity index is 1.61. The second kappa shape index (κ2) is 8.73. The van der Waals surface area contributed by atoms with Crippen LogP contribution in [0.1, 0.15) is 45.9 Å². The van der Waals surface area contributed by atoms with Crippen molar-refractivity contribution in [3.8, 4) is 6.07 Å². The monoisotopic (exact) mass is 489 g/mol. The van der Waals surface area contributed by atoms with E-state index in [0.29, 0.717) is 17.3 Å². The molecular formula is C21H20ClN5O3S2. The first-order valence-electron chi connectivity index (χ1n) is 9.96. The molecule has 11 heteroatoms. The van der Waals surface area contributed by atoms with Crippen LogP contribution in [0, 0.1) is 17.2 Å². The minimum atomic E-state index is -3.52. The van der Waals surface area contributed by atoms with Crippen LogP contribution in [0.2, 0.25) is 5.02 Å². The Hall–Kier alpha value is -2.61. The highest BCUT2D eigenvalue weighted by Crippen LogP contribution is 2.35. The molecule has 0 saturated heterocycles. The molecule has 32 heavy (non-hydrogen) atoms. The van der Waals surface area contributed by atoms with Crippen LogP contribution in [0.3, 0.4) is 0 Å². The maximum absolute atomic E-state index is 12.9. The first kappa shape index (κ1) is 22.6. The second-order valence-electron chi connectivity index (χ2n) is 7.88. The molecule has 4 rings (SSSR count). The minimum Gasteiger partial charge on any atom is -0.344 e. The lowest BCUT2D eigenvalue weighted by atomic mass is 9.96. The highest BCUT2D eigenvalue weighted by Gasteiger charge is 2.35. The van der Waals surface area contributed by atoms with E-state index in [-0.39, 0.29) is 21.4 Å². The van der Waals surface area contributed by atoms with Crippen molar-refractivity contribution < 1.29 is 13.2 Å². The molecule has 1 aliphatic carbocycles. The van der Waals surface area contributed by atoms with Gasteiger partial charge in [-0.25, -0.2) is 18.4 Å². The lowest BCUT2D eigenvalue weighted by molar-refractivity contribution is 0.0948. The summed E-state index contributed by atoms with van der Waals surface area (Å²) in [7, 11) is -3.52. The largest absolute Gasteiger partial charge is 0.344 e. The Morgan fingerprint density at radius 1 is 1.34 bits per heavy atom. The molecule has 0 bridgehead atoms. The Labute approximate surface area is 195 Å². The maximum atomic E-state index is 12.9. The van der Waals surface area contributed by atoms with Crippen molar-refractivity contribution in [1.29, 1.82) is 5.26 Å². The first-order valence-corrected chi connectivity index (χ1v) is 13.0. The van der Waals surface area contributed by atoms with Crippen molar-refractivity contribution >= 4 is 50.2 Å². The van der Waals surface area contributed by atoms with Crippen molar-refractivity contribution in [2.24, 2.45) is 15.9 Å². The van der Waals surface area contributed by atoms with Crippen molar-refractivity contribution in [2.45, 2.75) is 36.6 Å². The van der Waals surface area contributed by atoms with Crippen LogP contribution < -0.4 is 5.32 Å². The lowest BCUT2D eigenvalue weighted by Crippen LogP contribution is -2.43. The van der Waals surface area contributed by atoms with Crippen LogP contribution in [0.15, 0.2) is 39.3 Å². The van der Waals surface area contributed by atoms with E-state index in [0.717, 1.165) is 35.7 Å². The van der Waals surface area contributed by atoms with Gasteiger partial charge in [0.1, 0.15) is 21.8 Å². The molecule has 1 fully saturated rings. The predicted molar refractivity (Wildman–Crippen MR) is 124 cm³/mol. The number of aliphatic imine (C=N–C) groups is 2. The van der Waals surface area contributed by atoms with Gasteiger partial charge in [0.25, 0.3) is 5.91 Å². The van der Waals surface area contributed by atoms with Gasteiger partial charge < -0.3 is 5.32 Å². The van der Waals surface area contributed by atoms with E-state index in [2.05, 4.69) is 21.4 Å². The summed E-state index contributed by atoms with van der Waals surface area (Å²) in [5, 5.41) is 12.9. The van der Waals surface area contributed by atoms with E-state index < -0.39 is 21.8 Å². The van der Waals surface area contributed by atoms with Gasteiger partial charge in [0.15, 0.2) is 9.84 Å². The number of nitrogens with zero attached hydrogens (tertiary/aromatic N) is 4. The fraction of sp³-hybridized carbons (Fsp3) is 0.381. The van der Waals surface area contributed by atoms with Gasteiger partial charge in [-0.2, -0.15) is 5.26 Å². The number of aromatic nitrogens is 1. The van der Waals surface area contributed by atoms with Gasteiger partial charge in [-0.05, 0) is 38.0 Å². The van der Waals surface area contributed by atoms with Crippen molar-refractivity contribution in [1.82, 2.24) is 10.3 Å². The number of halogens is 1. The number of rotatable bonds is 6. The van der Waals surface area contributed by atoms with E-state index >= 15 is 0 Å². The van der Waals surface area contributed by atoms with Crippen LogP contribution in [0.5, 0.6) is 0 Å². The SMILES string of the molecule is C[C@H](NC(=O)c1cc(Cl)cc(S(C)(=O)=O)c1)C1=NC(C2CC2)=NCC1c1ncc(C#N)s1. The maximum Gasteiger partial charge on any atom is 0.251 e. The molecule has 8 nitrogen and oxygen atoms in total. The third-order valence-corrected chi connectivity index (χ3v) is 7.59. The topological polar surface area (TPSA) is 125 Å². The molecule has 2 aromatic rings. The van der Waals surface area contributed by atoms with E-state index in [4.69, 9.17) is 21.9 Å². The number of hydrogen-bond donors (Lipinski definition) is 1. The number of carbonyl (C=O) groups excluding carboxylic acids is 1. The summed E-state index contributed by atoms with van der Waals surface area (Å²) >= 11 is 7.34. The molecule has 1 aromatic heterocycles. The summed E-state index contributed by atoms with van der Waals surface area (Å²) in [6, 6.07) is 5.67.